The molecule has 0 bridgehead atoms. The normalized spacial score (nSPS) is 12.1. The van der Waals surface area contributed by atoms with Crippen LogP contribution in [0.2, 0.25) is 0 Å². The van der Waals surface area contributed by atoms with Gasteiger partial charge in [-0.3, -0.25) is 14.3 Å². The van der Waals surface area contributed by atoms with E-state index in [1.165, 1.54) is 11.3 Å². The molecule has 2 aromatic rings. The van der Waals surface area contributed by atoms with E-state index in [9.17, 15) is 9.00 Å². The highest BCUT2D eigenvalue weighted by atomic mass is 32.2. The van der Waals surface area contributed by atoms with Gasteiger partial charge in [-0.2, -0.15) is 0 Å². The second kappa shape index (κ2) is 5.41. The minimum atomic E-state index is -1.03. The third-order valence-corrected chi connectivity index (χ3v) is 4.10. The number of rotatable bonds is 3. The molecule has 0 aliphatic rings. The molecule has 4 nitrogen and oxygen atoms in total. The molecule has 0 saturated heterocycles. The highest BCUT2D eigenvalue weighted by Crippen LogP contribution is 2.16. The third-order valence-electron chi connectivity index (χ3n) is 2.29. The van der Waals surface area contributed by atoms with Crippen LogP contribution >= 0.6 is 11.3 Å². The van der Waals surface area contributed by atoms with E-state index in [1.807, 2.05) is 12.3 Å². The Kier molecular flexibility index (Phi) is 3.88. The molecule has 0 aliphatic heterocycles. The summed E-state index contributed by atoms with van der Waals surface area (Å²) in [6, 6.07) is 6.70. The van der Waals surface area contributed by atoms with Gasteiger partial charge in [0.2, 0.25) is 0 Å². The molecule has 94 valence electrons. The summed E-state index contributed by atoms with van der Waals surface area (Å²) in [5.41, 5.74) is 1.41. The fourth-order valence-electron chi connectivity index (χ4n) is 1.38. The van der Waals surface area contributed by atoms with Crippen LogP contribution in [0.15, 0.2) is 34.5 Å². The predicted molar refractivity (Wildman–Crippen MR) is 73.6 cm³/mol. The van der Waals surface area contributed by atoms with Crippen LogP contribution in [0, 0.1) is 6.92 Å². The molecule has 2 rings (SSSR count). The van der Waals surface area contributed by atoms with Gasteiger partial charge in [0.05, 0.1) is 5.69 Å². The number of aromatic nitrogens is 1. The maximum Gasteiger partial charge on any atom is 0.257 e. The number of amides is 1. The Morgan fingerprint density at radius 3 is 2.50 bits per heavy atom. The van der Waals surface area contributed by atoms with Crippen molar-refractivity contribution in [3.8, 4) is 0 Å². The fourth-order valence-corrected chi connectivity index (χ4v) is 2.58. The molecule has 0 spiro atoms. The molecule has 1 atom stereocenters. The second-order valence-corrected chi connectivity index (χ2v) is 5.96. The van der Waals surface area contributed by atoms with E-state index < -0.39 is 10.8 Å². The Labute approximate surface area is 112 Å². The Morgan fingerprint density at radius 2 is 2.00 bits per heavy atom. The molecule has 0 fully saturated rings. The fraction of sp³-hybridized carbons (Fsp3) is 0.167. The number of carbonyl (C=O) groups excluding carboxylic acids is 1. The van der Waals surface area contributed by atoms with Gasteiger partial charge in [-0.1, -0.05) is 0 Å². The number of hydrogen-bond donors (Lipinski definition) is 1. The van der Waals surface area contributed by atoms with Crippen molar-refractivity contribution in [1.82, 2.24) is 4.98 Å². The molecule has 1 N–H and O–H groups in total. The smallest absolute Gasteiger partial charge is 0.257 e. The number of carbonyl (C=O) groups is 1. The van der Waals surface area contributed by atoms with E-state index in [0.717, 1.165) is 5.69 Å². The zero-order chi connectivity index (χ0) is 13.1. The minimum Gasteiger partial charge on any atom is -0.298 e. The van der Waals surface area contributed by atoms with Crippen molar-refractivity contribution in [2.24, 2.45) is 0 Å². The average Bonchev–Trinajstić information content (AvgIpc) is 2.75. The average molecular weight is 280 g/mol. The number of nitrogens with one attached hydrogen (secondary N) is 1. The van der Waals surface area contributed by atoms with Crippen molar-refractivity contribution >= 4 is 33.2 Å². The lowest BCUT2D eigenvalue weighted by Crippen LogP contribution is -2.11. The molecule has 1 aromatic carbocycles. The van der Waals surface area contributed by atoms with Crippen LogP contribution in [-0.2, 0) is 10.8 Å². The summed E-state index contributed by atoms with van der Waals surface area (Å²) < 4.78 is 11.2. The monoisotopic (exact) mass is 280 g/mol. The van der Waals surface area contributed by atoms with Gasteiger partial charge in [0, 0.05) is 32.9 Å². The van der Waals surface area contributed by atoms with Crippen LogP contribution in [0.4, 0.5) is 5.13 Å². The zero-order valence-electron chi connectivity index (χ0n) is 9.97. The van der Waals surface area contributed by atoms with Crippen LogP contribution < -0.4 is 5.32 Å². The lowest BCUT2D eigenvalue weighted by molar-refractivity contribution is 0.102. The molecule has 0 aliphatic carbocycles. The van der Waals surface area contributed by atoms with Crippen molar-refractivity contribution < 1.29 is 9.00 Å². The van der Waals surface area contributed by atoms with E-state index in [2.05, 4.69) is 10.3 Å². The molecule has 0 radical (unpaired) electrons. The minimum absolute atomic E-state index is 0.210. The molecule has 0 saturated carbocycles. The van der Waals surface area contributed by atoms with Crippen molar-refractivity contribution in [1.29, 1.82) is 0 Å². The van der Waals surface area contributed by atoms with E-state index in [4.69, 9.17) is 0 Å². The summed E-state index contributed by atoms with van der Waals surface area (Å²) in [6.07, 6.45) is 1.60. The number of thiazole rings is 1. The van der Waals surface area contributed by atoms with Crippen LogP contribution in [0.25, 0.3) is 0 Å². The SMILES string of the molecule is Cc1csc(NC(=O)c2ccc(S(C)=O)cc2)n1. The van der Waals surface area contributed by atoms with Crippen molar-refractivity contribution in [2.75, 3.05) is 11.6 Å². The first-order valence-corrected chi connectivity index (χ1v) is 7.67. The van der Waals surface area contributed by atoms with Gasteiger partial charge in [-0.05, 0) is 31.2 Å². The number of benzene rings is 1. The quantitative estimate of drug-likeness (QED) is 0.939. The van der Waals surface area contributed by atoms with Gasteiger partial charge in [0.1, 0.15) is 0 Å². The summed E-state index contributed by atoms with van der Waals surface area (Å²) >= 11 is 1.39. The molecule has 6 heteroatoms. The van der Waals surface area contributed by atoms with Crippen molar-refractivity contribution in [2.45, 2.75) is 11.8 Å². The Hall–Kier alpha value is -1.53. The van der Waals surface area contributed by atoms with E-state index in [0.29, 0.717) is 15.6 Å². The standard InChI is InChI=1S/C12H12N2O2S2/c1-8-7-17-12(13-8)14-11(15)9-3-5-10(6-4-9)18(2)16/h3-7H,1-2H3,(H,13,14,15). The van der Waals surface area contributed by atoms with Gasteiger partial charge in [-0.25, -0.2) is 4.98 Å². The molecule has 18 heavy (non-hydrogen) atoms. The molecular weight excluding hydrogens is 268 g/mol. The summed E-state index contributed by atoms with van der Waals surface area (Å²) in [4.78, 5) is 16.7. The Bertz CT molecular complexity index is 590. The van der Waals surface area contributed by atoms with Crippen LogP contribution in [0.3, 0.4) is 0 Å². The lowest BCUT2D eigenvalue weighted by atomic mass is 10.2. The molecule has 1 heterocycles. The van der Waals surface area contributed by atoms with Gasteiger partial charge in [-0.15, -0.1) is 11.3 Å². The van der Waals surface area contributed by atoms with Crippen LogP contribution in [-0.4, -0.2) is 21.4 Å². The molecule has 1 amide bonds. The second-order valence-electron chi connectivity index (χ2n) is 3.73. The maximum absolute atomic E-state index is 11.9. The summed E-state index contributed by atoms with van der Waals surface area (Å²) in [5, 5.41) is 5.18. The number of anilines is 1. The zero-order valence-corrected chi connectivity index (χ0v) is 11.6. The topological polar surface area (TPSA) is 59.1 Å². The first-order chi connectivity index (χ1) is 8.56. The van der Waals surface area contributed by atoms with Gasteiger partial charge in [0.15, 0.2) is 5.13 Å². The van der Waals surface area contributed by atoms with E-state index in [1.54, 1.807) is 30.5 Å². The van der Waals surface area contributed by atoms with Gasteiger partial charge >= 0.3 is 0 Å². The highest BCUT2D eigenvalue weighted by Gasteiger charge is 2.08. The van der Waals surface area contributed by atoms with Crippen LogP contribution in [0.5, 0.6) is 0 Å². The van der Waals surface area contributed by atoms with Gasteiger partial charge < -0.3 is 0 Å². The Morgan fingerprint density at radius 1 is 1.33 bits per heavy atom. The summed E-state index contributed by atoms with van der Waals surface area (Å²) in [6.45, 7) is 1.87. The maximum atomic E-state index is 11.9. The van der Waals surface area contributed by atoms with Crippen LogP contribution in [0.1, 0.15) is 16.1 Å². The number of hydrogen-bond acceptors (Lipinski definition) is 4. The summed E-state index contributed by atoms with van der Waals surface area (Å²) in [5.74, 6) is -0.210. The Balaban J connectivity index is 2.11. The van der Waals surface area contributed by atoms with Crippen molar-refractivity contribution in [3.63, 3.8) is 0 Å². The van der Waals surface area contributed by atoms with Crippen molar-refractivity contribution in [3.05, 3.63) is 40.9 Å². The molecule has 1 unspecified atom stereocenters. The van der Waals surface area contributed by atoms with E-state index in [-0.39, 0.29) is 5.91 Å². The highest BCUT2D eigenvalue weighted by molar-refractivity contribution is 7.84. The molecule has 1 aromatic heterocycles. The third kappa shape index (κ3) is 3.02. The summed E-state index contributed by atoms with van der Waals surface area (Å²) in [7, 11) is -1.03. The number of nitrogens with zero attached hydrogens (tertiary/aromatic N) is 1. The number of aryl methyl sites for hydroxylation is 1. The first kappa shape index (κ1) is 12.9. The van der Waals surface area contributed by atoms with E-state index >= 15 is 0 Å². The first-order valence-electron chi connectivity index (χ1n) is 5.23. The predicted octanol–water partition coefficient (Wildman–Crippen LogP) is 2.44. The molecular formula is C12H12N2O2S2. The lowest BCUT2D eigenvalue weighted by Gasteiger charge is -2.02. The van der Waals surface area contributed by atoms with Gasteiger partial charge in [0.25, 0.3) is 5.91 Å². The largest absolute Gasteiger partial charge is 0.298 e.